The van der Waals surface area contributed by atoms with E-state index in [4.69, 9.17) is 18.9 Å². The molecule has 1 aromatic heterocycles. The molecule has 0 aliphatic carbocycles. The van der Waals surface area contributed by atoms with Gasteiger partial charge in [-0.25, -0.2) is 14.2 Å². The zero-order chi connectivity index (χ0) is 30.5. The smallest absolute Gasteiger partial charge is 0.338 e. The number of halogens is 1. The fourth-order valence-electron chi connectivity index (χ4n) is 4.90. The highest BCUT2D eigenvalue weighted by atomic mass is 32.1. The minimum atomic E-state index is -0.840. The van der Waals surface area contributed by atoms with E-state index in [9.17, 15) is 14.0 Å². The fourth-order valence-corrected chi connectivity index (χ4v) is 5.95. The highest BCUT2D eigenvalue weighted by Crippen LogP contribution is 2.40. The number of methoxy groups -OCH3 is 1. The number of hydrogen-bond acceptors (Lipinski definition) is 8. The second kappa shape index (κ2) is 13.1. The number of esters is 1. The summed E-state index contributed by atoms with van der Waals surface area (Å²) in [5.41, 5.74) is 2.50. The number of nitrogens with zero attached hydrogens (tertiary/aromatic N) is 2. The van der Waals surface area contributed by atoms with Gasteiger partial charge in [0.15, 0.2) is 16.3 Å². The van der Waals surface area contributed by atoms with E-state index >= 15 is 0 Å². The van der Waals surface area contributed by atoms with Gasteiger partial charge in [-0.15, -0.1) is 0 Å². The van der Waals surface area contributed by atoms with Gasteiger partial charge in [-0.05, 0) is 68.3 Å². The zero-order valence-electron chi connectivity index (χ0n) is 24.3. The molecule has 2 heterocycles. The third-order valence-electron chi connectivity index (χ3n) is 6.80. The number of benzene rings is 3. The Morgan fingerprint density at radius 1 is 1.05 bits per heavy atom. The number of para-hydroxylation sites is 1. The SMILES string of the molecule is CCOC(=O)C1=C(C)N=c2s/c(=C/c3ccc(OCc4cccc(F)c4)cc3)c(=O)n2C1c1cccc(OC)c1OCC. The summed E-state index contributed by atoms with van der Waals surface area (Å²) in [5, 5.41) is 0. The lowest BCUT2D eigenvalue weighted by Gasteiger charge is -2.26. The number of thiazole rings is 1. The zero-order valence-corrected chi connectivity index (χ0v) is 25.1. The molecule has 0 fully saturated rings. The van der Waals surface area contributed by atoms with Crippen LogP contribution in [0.2, 0.25) is 0 Å². The number of allylic oxidation sites excluding steroid dienone is 1. The fraction of sp³-hybridized carbons (Fsp3) is 0.242. The third kappa shape index (κ3) is 6.24. The van der Waals surface area contributed by atoms with E-state index in [0.29, 0.717) is 44.4 Å². The predicted octanol–water partition coefficient (Wildman–Crippen LogP) is 4.92. The molecule has 0 N–H and O–H groups in total. The Kier molecular flexibility index (Phi) is 9.06. The first kappa shape index (κ1) is 29.8. The maximum atomic E-state index is 14.0. The molecular formula is C33H31FN2O6S. The monoisotopic (exact) mass is 602 g/mol. The first-order valence-electron chi connectivity index (χ1n) is 13.8. The van der Waals surface area contributed by atoms with Crippen molar-refractivity contribution in [3.8, 4) is 17.2 Å². The minimum absolute atomic E-state index is 0.172. The van der Waals surface area contributed by atoms with E-state index in [1.54, 1.807) is 56.3 Å². The Hall–Kier alpha value is -4.70. The molecule has 222 valence electrons. The lowest BCUT2D eigenvalue weighted by molar-refractivity contribution is -0.139. The lowest BCUT2D eigenvalue weighted by Crippen LogP contribution is -2.40. The van der Waals surface area contributed by atoms with Crippen molar-refractivity contribution >= 4 is 23.4 Å². The number of carbonyl (C=O) groups excluding carboxylic acids is 1. The third-order valence-corrected chi connectivity index (χ3v) is 7.78. The minimum Gasteiger partial charge on any atom is -0.493 e. The van der Waals surface area contributed by atoms with Gasteiger partial charge in [-0.3, -0.25) is 9.36 Å². The molecule has 43 heavy (non-hydrogen) atoms. The maximum Gasteiger partial charge on any atom is 0.338 e. The summed E-state index contributed by atoms with van der Waals surface area (Å²) in [4.78, 5) is 32.4. The first-order chi connectivity index (χ1) is 20.8. The van der Waals surface area contributed by atoms with Crippen molar-refractivity contribution in [2.24, 2.45) is 4.99 Å². The Labute approximate surface area is 252 Å². The van der Waals surface area contributed by atoms with Gasteiger partial charge in [-0.1, -0.05) is 47.7 Å². The van der Waals surface area contributed by atoms with Crippen LogP contribution in [0.25, 0.3) is 6.08 Å². The Morgan fingerprint density at radius 2 is 1.81 bits per heavy atom. The van der Waals surface area contributed by atoms with E-state index in [0.717, 1.165) is 11.1 Å². The van der Waals surface area contributed by atoms with E-state index in [1.165, 1.54) is 35.1 Å². The normalized spacial score (nSPS) is 14.6. The number of ether oxygens (including phenoxy) is 4. The van der Waals surface area contributed by atoms with Gasteiger partial charge in [0.25, 0.3) is 5.56 Å². The van der Waals surface area contributed by atoms with Gasteiger partial charge in [-0.2, -0.15) is 0 Å². The molecule has 0 amide bonds. The molecule has 0 spiro atoms. The molecule has 1 aliphatic heterocycles. The molecule has 1 atom stereocenters. The van der Waals surface area contributed by atoms with Gasteiger partial charge in [0.05, 0.1) is 36.1 Å². The summed E-state index contributed by atoms with van der Waals surface area (Å²) in [5.74, 6) is 0.669. The topological polar surface area (TPSA) is 88.4 Å². The van der Waals surface area contributed by atoms with Crippen LogP contribution in [0.5, 0.6) is 17.2 Å². The van der Waals surface area contributed by atoms with Gasteiger partial charge >= 0.3 is 5.97 Å². The molecule has 8 nitrogen and oxygen atoms in total. The van der Waals surface area contributed by atoms with Crippen molar-refractivity contribution in [1.29, 1.82) is 0 Å². The Bertz CT molecular complexity index is 1860. The second-order valence-corrected chi connectivity index (χ2v) is 10.6. The molecule has 5 rings (SSSR count). The van der Waals surface area contributed by atoms with Crippen LogP contribution in [0.3, 0.4) is 0 Å². The van der Waals surface area contributed by atoms with Crippen LogP contribution < -0.4 is 29.1 Å². The van der Waals surface area contributed by atoms with Crippen molar-refractivity contribution in [3.05, 3.63) is 120 Å². The quantitative estimate of drug-likeness (QED) is 0.240. The molecule has 0 bridgehead atoms. The molecule has 0 saturated heterocycles. The number of rotatable bonds is 10. The average Bonchev–Trinajstić information content (AvgIpc) is 3.30. The van der Waals surface area contributed by atoms with Crippen molar-refractivity contribution < 1.29 is 28.1 Å². The standard InChI is InChI=1S/C33H31FN2O6S/c1-5-40-30-25(11-8-12-26(30)39-4)29-28(32(38)41-6-2)20(3)35-33-36(29)31(37)27(43-33)18-21-13-15-24(16-14-21)42-19-22-9-7-10-23(34)17-22/h7-18,29H,5-6,19H2,1-4H3/b27-18+. The summed E-state index contributed by atoms with van der Waals surface area (Å²) in [6.07, 6.45) is 1.77. The molecule has 10 heteroatoms. The molecule has 0 radical (unpaired) electrons. The molecule has 0 saturated carbocycles. The van der Waals surface area contributed by atoms with Crippen LogP contribution >= 0.6 is 11.3 Å². The van der Waals surface area contributed by atoms with Crippen molar-refractivity contribution in [3.63, 3.8) is 0 Å². The Morgan fingerprint density at radius 3 is 2.51 bits per heavy atom. The molecule has 1 aliphatic rings. The van der Waals surface area contributed by atoms with Gasteiger partial charge in [0.1, 0.15) is 24.2 Å². The number of fused-ring (bicyclic) bond motifs is 1. The summed E-state index contributed by atoms with van der Waals surface area (Å²) in [7, 11) is 1.54. The highest BCUT2D eigenvalue weighted by molar-refractivity contribution is 7.07. The first-order valence-corrected chi connectivity index (χ1v) is 14.6. The van der Waals surface area contributed by atoms with E-state index in [-0.39, 0.29) is 30.2 Å². The summed E-state index contributed by atoms with van der Waals surface area (Å²) in [6.45, 7) is 6.07. The maximum absolute atomic E-state index is 14.0. The van der Waals surface area contributed by atoms with E-state index < -0.39 is 12.0 Å². The summed E-state index contributed by atoms with van der Waals surface area (Å²) in [6, 6.07) is 18.0. The molecule has 1 unspecified atom stereocenters. The van der Waals surface area contributed by atoms with Gasteiger partial charge in [0.2, 0.25) is 0 Å². The number of hydrogen-bond donors (Lipinski definition) is 0. The number of aromatic nitrogens is 1. The molecular weight excluding hydrogens is 571 g/mol. The predicted molar refractivity (Wildman–Crippen MR) is 162 cm³/mol. The Balaban J connectivity index is 1.56. The van der Waals surface area contributed by atoms with Crippen molar-refractivity contribution in [1.82, 2.24) is 4.57 Å². The highest BCUT2D eigenvalue weighted by Gasteiger charge is 2.36. The molecule has 3 aromatic carbocycles. The van der Waals surface area contributed by atoms with Crippen LogP contribution in [0, 0.1) is 5.82 Å². The van der Waals surface area contributed by atoms with Crippen LogP contribution in [0.1, 0.15) is 43.5 Å². The second-order valence-electron chi connectivity index (χ2n) is 9.60. The van der Waals surface area contributed by atoms with Crippen LogP contribution in [0.15, 0.2) is 87.8 Å². The molecule has 4 aromatic rings. The van der Waals surface area contributed by atoms with E-state index in [1.807, 2.05) is 25.1 Å². The van der Waals surface area contributed by atoms with Crippen LogP contribution in [-0.4, -0.2) is 30.9 Å². The van der Waals surface area contributed by atoms with Crippen LogP contribution in [0.4, 0.5) is 4.39 Å². The largest absolute Gasteiger partial charge is 0.493 e. The summed E-state index contributed by atoms with van der Waals surface area (Å²) < 4.78 is 38.2. The van der Waals surface area contributed by atoms with E-state index in [2.05, 4.69) is 4.99 Å². The van der Waals surface area contributed by atoms with Crippen LogP contribution in [-0.2, 0) is 16.1 Å². The van der Waals surface area contributed by atoms with Gasteiger partial charge < -0.3 is 18.9 Å². The van der Waals surface area contributed by atoms with Gasteiger partial charge in [0, 0.05) is 5.56 Å². The summed E-state index contributed by atoms with van der Waals surface area (Å²) >= 11 is 1.23. The lowest BCUT2D eigenvalue weighted by atomic mass is 9.94. The van der Waals surface area contributed by atoms with Crippen molar-refractivity contribution in [2.45, 2.75) is 33.4 Å². The number of carbonyl (C=O) groups is 1. The van der Waals surface area contributed by atoms with Crippen molar-refractivity contribution in [2.75, 3.05) is 20.3 Å². The average molecular weight is 603 g/mol.